The Bertz CT molecular complexity index is 1200. The van der Waals surface area contributed by atoms with E-state index >= 15 is 0 Å². The number of rotatable bonds is 4. The van der Waals surface area contributed by atoms with Crippen molar-refractivity contribution in [3.05, 3.63) is 90.6 Å². The van der Waals surface area contributed by atoms with Crippen LogP contribution >= 0.6 is 0 Å². The molecule has 1 aliphatic heterocycles. The lowest BCUT2D eigenvalue weighted by Gasteiger charge is -2.35. The summed E-state index contributed by atoms with van der Waals surface area (Å²) in [5, 5.41) is 0. The minimum absolute atomic E-state index is 0.115. The Morgan fingerprint density at radius 1 is 0.781 bits per heavy atom. The van der Waals surface area contributed by atoms with Crippen molar-refractivity contribution < 1.29 is 9.21 Å². The summed E-state index contributed by atoms with van der Waals surface area (Å²) in [6, 6.07) is 27.2. The molecule has 0 atom stereocenters. The van der Waals surface area contributed by atoms with Gasteiger partial charge in [0, 0.05) is 48.7 Å². The fraction of sp³-hybridized carbons (Fsp3) is 0.154. The molecule has 0 aliphatic carbocycles. The average Bonchev–Trinajstić information content (AvgIpc) is 3.31. The quantitative estimate of drug-likeness (QED) is 0.486. The largest absolute Gasteiger partial charge is 0.435 e. The van der Waals surface area contributed by atoms with E-state index in [9.17, 15) is 4.79 Å². The number of piperazine rings is 1. The summed E-state index contributed by atoms with van der Waals surface area (Å²) in [5.41, 5.74) is 9.62. The molecule has 2 N–H and O–H groups in total. The van der Waals surface area contributed by atoms with E-state index in [1.54, 1.807) is 12.1 Å². The Morgan fingerprint density at radius 2 is 1.41 bits per heavy atom. The fourth-order valence-electron chi connectivity index (χ4n) is 3.96. The maximum atomic E-state index is 13.5. The third kappa shape index (κ3) is 3.95. The molecule has 6 nitrogen and oxygen atoms in total. The highest BCUT2D eigenvalue weighted by atomic mass is 16.4. The number of aromatic nitrogens is 1. The SMILES string of the molecule is Nc1ccc(-c2oc(-c3ccccc3)nc2C(=O)N2CCN(c3ccccc3)CC2)cc1. The zero-order valence-corrected chi connectivity index (χ0v) is 17.6. The first kappa shape index (κ1) is 19.9. The Balaban J connectivity index is 1.43. The lowest BCUT2D eigenvalue weighted by molar-refractivity contribution is 0.0742. The van der Waals surface area contributed by atoms with Gasteiger partial charge in [0.1, 0.15) is 0 Å². The van der Waals surface area contributed by atoms with Crippen molar-refractivity contribution in [2.75, 3.05) is 36.8 Å². The van der Waals surface area contributed by atoms with Gasteiger partial charge in [-0.3, -0.25) is 4.79 Å². The van der Waals surface area contributed by atoms with Crippen LogP contribution in [0, 0.1) is 0 Å². The first-order valence-electron chi connectivity index (χ1n) is 10.7. The van der Waals surface area contributed by atoms with E-state index in [2.05, 4.69) is 22.0 Å². The van der Waals surface area contributed by atoms with E-state index in [1.807, 2.05) is 65.6 Å². The number of amides is 1. The molecule has 32 heavy (non-hydrogen) atoms. The van der Waals surface area contributed by atoms with Crippen LogP contribution < -0.4 is 10.6 Å². The van der Waals surface area contributed by atoms with E-state index in [1.165, 1.54) is 5.69 Å². The van der Waals surface area contributed by atoms with Gasteiger partial charge in [0.15, 0.2) is 11.5 Å². The second kappa shape index (κ2) is 8.59. The predicted octanol–water partition coefficient (Wildman–Crippen LogP) is 4.55. The van der Waals surface area contributed by atoms with Crippen molar-refractivity contribution >= 4 is 17.3 Å². The molecule has 1 aromatic heterocycles. The number of hydrogen-bond acceptors (Lipinski definition) is 5. The Morgan fingerprint density at radius 3 is 2.06 bits per heavy atom. The minimum atomic E-state index is -0.115. The summed E-state index contributed by atoms with van der Waals surface area (Å²) in [5.74, 6) is 0.790. The molecule has 1 aliphatic rings. The molecule has 3 aromatic carbocycles. The van der Waals surface area contributed by atoms with Gasteiger partial charge in [-0.25, -0.2) is 4.98 Å². The lowest BCUT2D eigenvalue weighted by Crippen LogP contribution is -2.49. The second-order valence-electron chi connectivity index (χ2n) is 7.80. The normalized spacial score (nSPS) is 13.9. The molecule has 0 saturated carbocycles. The van der Waals surface area contributed by atoms with Gasteiger partial charge in [-0.05, 0) is 48.5 Å². The maximum absolute atomic E-state index is 13.5. The van der Waals surface area contributed by atoms with Gasteiger partial charge >= 0.3 is 0 Å². The molecule has 0 radical (unpaired) electrons. The van der Waals surface area contributed by atoms with Crippen molar-refractivity contribution in [3.63, 3.8) is 0 Å². The predicted molar refractivity (Wildman–Crippen MR) is 126 cm³/mol. The van der Waals surface area contributed by atoms with Crippen LogP contribution in [0.15, 0.2) is 89.3 Å². The van der Waals surface area contributed by atoms with Crippen molar-refractivity contribution in [2.45, 2.75) is 0 Å². The third-order valence-corrected chi connectivity index (χ3v) is 5.71. The highest BCUT2D eigenvalue weighted by Crippen LogP contribution is 2.31. The first-order valence-corrected chi connectivity index (χ1v) is 10.7. The molecule has 5 rings (SSSR count). The van der Waals surface area contributed by atoms with Crippen LogP contribution in [0.2, 0.25) is 0 Å². The number of oxazole rings is 1. The summed E-state index contributed by atoms with van der Waals surface area (Å²) in [6.07, 6.45) is 0. The van der Waals surface area contributed by atoms with Crippen molar-refractivity contribution in [1.29, 1.82) is 0 Å². The number of nitrogens with two attached hydrogens (primary N) is 1. The van der Waals surface area contributed by atoms with Crippen LogP contribution in [0.25, 0.3) is 22.8 Å². The van der Waals surface area contributed by atoms with Gasteiger partial charge in [0.25, 0.3) is 5.91 Å². The summed E-state index contributed by atoms with van der Waals surface area (Å²) in [6.45, 7) is 2.80. The zero-order chi connectivity index (χ0) is 21.9. The van der Waals surface area contributed by atoms with Gasteiger partial charge < -0.3 is 20.0 Å². The molecule has 0 bridgehead atoms. The molecule has 1 fully saturated rings. The molecule has 1 saturated heterocycles. The van der Waals surface area contributed by atoms with E-state index in [4.69, 9.17) is 10.2 Å². The number of hydrogen-bond donors (Lipinski definition) is 1. The number of nitrogens with zero attached hydrogens (tertiary/aromatic N) is 3. The van der Waals surface area contributed by atoms with Crippen LogP contribution in [0.3, 0.4) is 0 Å². The summed E-state index contributed by atoms with van der Waals surface area (Å²) >= 11 is 0. The monoisotopic (exact) mass is 424 g/mol. The molecule has 0 unspecified atom stereocenters. The Labute approximate surface area is 186 Å². The molecule has 1 amide bonds. The standard InChI is InChI=1S/C26H24N4O2/c27-21-13-11-19(12-14-21)24-23(28-25(32-24)20-7-3-1-4-8-20)26(31)30-17-15-29(16-18-30)22-9-5-2-6-10-22/h1-14H,15-18,27H2. The van der Waals surface area contributed by atoms with Gasteiger partial charge in [-0.1, -0.05) is 36.4 Å². The molecular weight excluding hydrogens is 400 g/mol. The molecule has 4 aromatic rings. The second-order valence-corrected chi connectivity index (χ2v) is 7.80. The summed E-state index contributed by atoms with van der Waals surface area (Å²) in [4.78, 5) is 22.3. The number of para-hydroxylation sites is 1. The van der Waals surface area contributed by atoms with Crippen LogP contribution in [0.5, 0.6) is 0 Å². The van der Waals surface area contributed by atoms with Gasteiger partial charge in [0.05, 0.1) is 0 Å². The van der Waals surface area contributed by atoms with Crippen LogP contribution in [0.4, 0.5) is 11.4 Å². The number of carbonyl (C=O) groups is 1. The van der Waals surface area contributed by atoms with Crippen LogP contribution in [-0.4, -0.2) is 42.0 Å². The number of anilines is 2. The highest BCUT2D eigenvalue weighted by Gasteiger charge is 2.29. The number of nitrogen functional groups attached to an aromatic ring is 1. The average molecular weight is 425 g/mol. The molecule has 160 valence electrons. The summed E-state index contributed by atoms with van der Waals surface area (Å²) < 4.78 is 6.12. The smallest absolute Gasteiger partial charge is 0.276 e. The highest BCUT2D eigenvalue weighted by molar-refractivity contribution is 5.98. The van der Waals surface area contributed by atoms with E-state index in [-0.39, 0.29) is 5.91 Å². The number of carbonyl (C=O) groups excluding carboxylic acids is 1. The fourth-order valence-corrected chi connectivity index (χ4v) is 3.96. The number of benzene rings is 3. The van der Waals surface area contributed by atoms with Crippen molar-refractivity contribution in [2.24, 2.45) is 0 Å². The van der Waals surface area contributed by atoms with Crippen molar-refractivity contribution in [3.8, 4) is 22.8 Å². The van der Waals surface area contributed by atoms with E-state index < -0.39 is 0 Å². The van der Waals surface area contributed by atoms with Crippen LogP contribution in [-0.2, 0) is 0 Å². The summed E-state index contributed by atoms with van der Waals surface area (Å²) in [7, 11) is 0. The van der Waals surface area contributed by atoms with Gasteiger partial charge in [-0.2, -0.15) is 0 Å². The molecular formula is C26H24N4O2. The van der Waals surface area contributed by atoms with E-state index in [0.29, 0.717) is 36.1 Å². The first-order chi connectivity index (χ1) is 15.7. The third-order valence-electron chi connectivity index (χ3n) is 5.71. The molecule has 2 heterocycles. The Hall–Kier alpha value is -4.06. The van der Waals surface area contributed by atoms with E-state index in [0.717, 1.165) is 24.2 Å². The van der Waals surface area contributed by atoms with Crippen LogP contribution in [0.1, 0.15) is 10.5 Å². The molecule has 6 heteroatoms. The zero-order valence-electron chi connectivity index (χ0n) is 17.6. The van der Waals surface area contributed by atoms with Gasteiger partial charge in [-0.15, -0.1) is 0 Å². The topological polar surface area (TPSA) is 75.6 Å². The lowest BCUT2D eigenvalue weighted by atomic mass is 10.1. The minimum Gasteiger partial charge on any atom is -0.435 e. The molecule has 0 spiro atoms. The van der Waals surface area contributed by atoms with Crippen molar-refractivity contribution in [1.82, 2.24) is 9.88 Å². The maximum Gasteiger partial charge on any atom is 0.276 e. The van der Waals surface area contributed by atoms with Gasteiger partial charge in [0.2, 0.25) is 5.89 Å². The Kier molecular flexibility index (Phi) is 5.34.